The summed E-state index contributed by atoms with van der Waals surface area (Å²) < 4.78 is 0. The molecule has 0 unspecified atom stereocenters. The van der Waals surface area contributed by atoms with Crippen molar-refractivity contribution in [1.82, 2.24) is 0 Å². The van der Waals surface area contributed by atoms with E-state index in [1.807, 2.05) is 0 Å². The van der Waals surface area contributed by atoms with Crippen molar-refractivity contribution >= 4 is 0 Å². The summed E-state index contributed by atoms with van der Waals surface area (Å²) in [6, 6.07) is 23.3. The molecule has 0 heterocycles. The van der Waals surface area contributed by atoms with Crippen LogP contribution in [-0.4, -0.2) is 12.1 Å². The minimum Gasteiger partial charge on any atom is -1.00 e. The van der Waals surface area contributed by atoms with Crippen LogP contribution in [0.3, 0.4) is 0 Å². The molecule has 28 heavy (non-hydrogen) atoms. The molecule has 0 aliphatic heterocycles. The van der Waals surface area contributed by atoms with Gasteiger partial charge in [0, 0.05) is 24.0 Å². The second-order valence-corrected chi connectivity index (χ2v) is 7.16. The molecule has 0 amide bonds. The molecule has 0 aromatic heterocycles. The van der Waals surface area contributed by atoms with Gasteiger partial charge in [-0.3, -0.25) is 0 Å². The third kappa shape index (κ3) is 8.20. The summed E-state index contributed by atoms with van der Waals surface area (Å²) >= 11 is 0. The fourth-order valence-corrected chi connectivity index (χ4v) is 3.65. The lowest BCUT2D eigenvalue weighted by Crippen LogP contribution is -3.03. The number of hydrogen-bond acceptors (Lipinski definition) is 0. The van der Waals surface area contributed by atoms with Crippen LogP contribution in [-0.2, 0) is 0 Å². The Kier molecular flexibility index (Phi) is 13.6. The molecular formula is C24H34Cl2N2. The van der Waals surface area contributed by atoms with Gasteiger partial charge in [0.2, 0.25) is 0 Å². The Bertz CT molecular complexity index is 601. The number of rotatable bonds is 11. The van der Waals surface area contributed by atoms with Crippen LogP contribution in [0.25, 0.3) is 0 Å². The first kappa shape index (κ1) is 26.4. The number of halogens is 2. The van der Waals surface area contributed by atoms with Gasteiger partial charge < -0.3 is 35.4 Å². The molecule has 0 aliphatic rings. The number of nitrogens with two attached hydrogens (primary N) is 2. The Morgan fingerprint density at radius 1 is 0.679 bits per heavy atom. The van der Waals surface area contributed by atoms with Gasteiger partial charge in [0.25, 0.3) is 0 Å². The van der Waals surface area contributed by atoms with Crippen molar-refractivity contribution in [3.8, 4) is 0 Å². The molecule has 2 nitrogen and oxygen atoms in total. The van der Waals surface area contributed by atoms with E-state index >= 15 is 0 Å². The summed E-state index contributed by atoms with van der Waals surface area (Å²) in [6.45, 7) is 12.6. The Hall–Kier alpha value is -1.58. The first-order valence-electron chi connectivity index (χ1n) is 9.67. The fraction of sp³-hybridized carbons (Fsp3) is 0.333. The van der Waals surface area contributed by atoms with E-state index in [-0.39, 0.29) is 24.8 Å². The van der Waals surface area contributed by atoms with Crippen molar-refractivity contribution in [3.63, 3.8) is 0 Å². The molecule has 0 saturated heterocycles. The molecule has 4 heteroatoms. The average molecular weight is 421 g/mol. The van der Waals surface area contributed by atoms with Crippen LogP contribution >= 0.6 is 0 Å². The normalized spacial score (nSPS) is 14.5. The van der Waals surface area contributed by atoms with Crippen molar-refractivity contribution < 1.29 is 35.4 Å². The van der Waals surface area contributed by atoms with Crippen LogP contribution < -0.4 is 35.4 Å². The zero-order valence-corrected chi connectivity index (χ0v) is 18.5. The SMILES string of the molecule is C=CC[C@@H]([NH2+][C@@H](C)c1ccccc1)[C@@H](CC=C)[NH2+][C@@H](C)c1ccccc1.[Cl-].[Cl-]. The predicted molar refractivity (Wildman–Crippen MR) is 111 cm³/mol. The molecule has 2 aromatic carbocycles. The molecule has 0 radical (unpaired) electrons. The van der Waals surface area contributed by atoms with Crippen LogP contribution in [0, 0.1) is 0 Å². The van der Waals surface area contributed by atoms with Gasteiger partial charge in [0.05, 0.1) is 0 Å². The van der Waals surface area contributed by atoms with Gasteiger partial charge in [-0.1, -0.05) is 72.8 Å². The van der Waals surface area contributed by atoms with Crippen LogP contribution in [0.1, 0.15) is 49.9 Å². The van der Waals surface area contributed by atoms with Gasteiger partial charge in [-0.25, -0.2) is 0 Å². The van der Waals surface area contributed by atoms with E-state index in [2.05, 4.69) is 110 Å². The lowest BCUT2D eigenvalue weighted by Gasteiger charge is -2.27. The van der Waals surface area contributed by atoms with Crippen molar-refractivity contribution in [2.75, 3.05) is 0 Å². The van der Waals surface area contributed by atoms with Crippen molar-refractivity contribution in [2.45, 2.75) is 50.9 Å². The summed E-state index contributed by atoms with van der Waals surface area (Å²) in [6.07, 6.45) is 6.09. The topological polar surface area (TPSA) is 33.2 Å². The molecule has 0 fully saturated rings. The molecule has 0 bridgehead atoms. The van der Waals surface area contributed by atoms with Crippen molar-refractivity contribution in [1.29, 1.82) is 0 Å². The van der Waals surface area contributed by atoms with E-state index in [1.165, 1.54) is 11.1 Å². The molecule has 0 aliphatic carbocycles. The molecular weight excluding hydrogens is 387 g/mol. The zero-order chi connectivity index (χ0) is 18.8. The summed E-state index contributed by atoms with van der Waals surface area (Å²) in [4.78, 5) is 0. The first-order chi connectivity index (χ1) is 12.7. The second-order valence-electron chi connectivity index (χ2n) is 7.16. The van der Waals surface area contributed by atoms with Gasteiger partial charge >= 0.3 is 0 Å². The molecule has 0 spiro atoms. The highest BCUT2D eigenvalue weighted by Crippen LogP contribution is 2.11. The molecule has 2 aromatic rings. The monoisotopic (exact) mass is 420 g/mol. The zero-order valence-electron chi connectivity index (χ0n) is 17.0. The first-order valence-corrected chi connectivity index (χ1v) is 9.67. The van der Waals surface area contributed by atoms with Gasteiger partial charge in [-0.05, 0) is 13.8 Å². The maximum atomic E-state index is 4.00. The highest BCUT2D eigenvalue weighted by Gasteiger charge is 2.29. The van der Waals surface area contributed by atoms with E-state index in [9.17, 15) is 0 Å². The Morgan fingerprint density at radius 3 is 1.29 bits per heavy atom. The van der Waals surface area contributed by atoms with E-state index in [1.54, 1.807) is 0 Å². The highest BCUT2D eigenvalue weighted by molar-refractivity contribution is 5.17. The number of quaternary nitrogens is 2. The largest absolute Gasteiger partial charge is 1.00 e. The predicted octanol–water partition coefficient (Wildman–Crippen LogP) is -2.47. The summed E-state index contributed by atoms with van der Waals surface area (Å²) in [5, 5.41) is 5.00. The fourth-order valence-electron chi connectivity index (χ4n) is 3.65. The summed E-state index contributed by atoms with van der Waals surface area (Å²) in [7, 11) is 0. The summed E-state index contributed by atoms with van der Waals surface area (Å²) in [5.41, 5.74) is 2.74. The Morgan fingerprint density at radius 2 is 1.00 bits per heavy atom. The minimum atomic E-state index is 0. The standard InChI is InChI=1S/C24H32N2.2ClH/c1-5-13-23(25-19(3)21-15-9-7-10-16-21)24(14-6-2)26-20(4)22-17-11-8-12-18-22;;/h5-12,15-20,23-26H,1-2,13-14H2,3-4H3;2*1H/t19-,20-,23+,24+;;/m0../s1. The van der Waals surface area contributed by atoms with Gasteiger partial charge in [0.15, 0.2) is 0 Å². The maximum absolute atomic E-state index is 4.00. The van der Waals surface area contributed by atoms with Crippen molar-refractivity contribution in [2.24, 2.45) is 0 Å². The lowest BCUT2D eigenvalue weighted by atomic mass is 9.97. The van der Waals surface area contributed by atoms with Crippen molar-refractivity contribution in [3.05, 3.63) is 97.1 Å². The Balaban J connectivity index is 0.00000364. The smallest absolute Gasteiger partial charge is 0.142 e. The highest BCUT2D eigenvalue weighted by atomic mass is 35.5. The van der Waals surface area contributed by atoms with E-state index < -0.39 is 0 Å². The van der Waals surface area contributed by atoms with Crippen LogP contribution in [0.2, 0.25) is 0 Å². The number of hydrogen-bond donors (Lipinski definition) is 2. The third-order valence-electron chi connectivity index (χ3n) is 5.15. The molecule has 0 saturated carbocycles. The van der Waals surface area contributed by atoms with Crippen LogP contribution in [0.5, 0.6) is 0 Å². The minimum absolute atomic E-state index is 0. The van der Waals surface area contributed by atoms with Gasteiger partial charge in [-0.15, -0.1) is 13.2 Å². The quantitative estimate of drug-likeness (QED) is 0.378. The molecule has 154 valence electrons. The number of benzene rings is 2. The average Bonchev–Trinajstić information content (AvgIpc) is 2.68. The van der Waals surface area contributed by atoms with Crippen LogP contribution in [0.15, 0.2) is 86.0 Å². The lowest BCUT2D eigenvalue weighted by molar-refractivity contribution is -0.805. The maximum Gasteiger partial charge on any atom is 0.142 e. The third-order valence-corrected chi connectivity index (χ3v) is 5.15. The van der Waals surface area contributed by atoms with E-state index in [0.717, 1.165) is 12.8 Å². The molecule has 2 rings (SSSR count). The molecule has 4 atom stereocenters. The van der Waals surface area contributed by atoms with E-state index in [0.29, 0.717) is 24.2 Å². The van der Waals surface area contributed by atoms with Gasteiger partial charge in [0.1, 0.15) is 24.2 Å². The summed E-state index contributed by atoms with van der Waals surface area (Å²) in [5.74, 6) is 0. The molecule has 4 N–H and O–H groups in total. The van der Waals surface area contributed by atoms with Gasteiger partial charge in [-0.2, -0.15) is 0 Å². The second kappa shape index (κ2) is 14.4. The van der Waals surface area contributed by atoms with E-state index in [4.69, 9.17) is 0 Å². The Labute approximate surface area is 183 Å². The van der Waals surface area contributed by atoms with Crippen LogP contribution in [0.4, 0.5) is 0 Å².